The van der Waals surface area contributed by atoms with Crippen molar-refractivity contribution < 1.29 is 18.7 Å². The van der Waals surface area contributed by atoms with Crippen LogP contribution in [0.3, 0.4) is 0 Å². The number of nitrogens with one attached hydrogen (secondary N) is 1. The van der Waals surface area contributed by atoms with Crippen molar-refractivity contribution in [3.63, 3.8) is 0 Å². The molecule has 6 nitrogen and oxygen atoms in total. The maximum Gasteiger partial charge on any atom is 0.259 e. The Morgan fingerprint density at radius 3 is 2.79 bits per heavy atom. The van der Waals surface area contributed by atoms with Gasteiger partial charge in [-0.2, -0.15) is 0 Å². The molecule has 28 heavy (non-hydrogen) atoms. The smallest absolute Gasteiger partial charge is 0.259 e. The lowest BCUT2D eigenvalue weighted by molar-refractivity contribution is -0.128. The van der Waals surface area contributed by atoms with Crippen molar-refractivity contribution in [2.24, 2.45) is 5.92 Å². The van der Waals surface area contributed by atoms with Crippen LogP contribution in [0, 0.1) is 11.7 Å². The summed E-state index contributed by atoms with van der Waals surface area (Å²) in [5, 5.41) is 2.89. The summed E-state index contributed by atoms with van der Waals surface area (Å²) in [6.45, 7) is 3.44. The van der Waals surface area contributed by atoms with Gasteiger partial charge in [-0.1, -0.05) is 25.5 Å². The quantitative estimate of drug-likeness (QED) is 0.836. The van der Waals surface area contributed by atoms with Crippen molar-refractivity contribution in [2.75, 3.05) is 33.8 Å². The highest BCUT2D eigenvalue weighted by atomic mass is 19.1. The maximum atomic E-state index is 14.4. The molecule has 1 aliphatic carbocycles. The predicted octanol–water partition coefficient (Wildman–Crippen LogP) is 2.25. The van der Waals surface area contributed by atoms with Crippen LogP contribution in [-0.2, 0) is 9.53 Å². The van der Waals surface area contributed by atoms with Gasteiger partial charge in [-0.15, -0.1) is 0 Å². The molecule has 1 aliphatic heterocycles. The van der Waals surface area contributed by atoms with Crippen LogP contribution in [-0.4, -0.2) is 67.2 Å². The van der Waals surface area contributed by atoms with Crippen molar-refractivity contribution in [1.29, 1.82) is 0 Å². The first-order valence-corrected chi connectivity index (χ1v) is 9.98. The molecule has 1 aromatic rings. The minimum atomic E-state index is -0.833. The Labute approximate surface area is 166 Å². The van der Waals surface area contributed by atoms with Crippen molar-refractivity contribution in [2.45, 2.75) is 44.4 Å². The Balaban J connectivity index is 1.88. The van der Waals surface area contributed by atoms with Crippen molar-refractivity contribution in [3.8, 4) is 0 Å². The highest BCUT2D eigenvalue weighted by molar-refractivity contribution is 5.98. The first-order chi connectivity index (χ1) is 13.3. The molecule has 1 N–H and O–H groups in total. The Hall–Kier alpha value is -1.99. The highest BCUT2D eigenvalue weighted by Gasteiger charge is 2.54. The first kappa shape index (κ1) is 20.7. The number of ether oxygens (including phenoxy) is 1. The Morgan fingerprint density at radius 2 is 2.11 bits per heavy atom. The second kappa shape index (κ2) is 8.57. The molecule has 1 saturated heterocycles. The summed E-state index contributed by atoms with van der Waals surface area (Å²) in [5.41, 5.74) is -0.850. The zero-order valence-corrected chi connectivity index (χ0v) is 16.9. The molecule has 2 aliphatic rings. The Morgan fingerprint density at radius 1 is 1.36 bits per heavy atom. The molecule has 1 heterocycles. The maximum absolute atomic E-state index is 14.4. The summed E-state index contributed by atoms with van der Waals surface area (Å²) in [6, 6.07) is 5.18. The SMILES string of the molecule is C[C@H]1CCC[C@@]2(C1)OC[C@@H](C(=O)NCCN(C)C)N2C(=O)c1ccccc1F. The van der Waals surface area contributed by atoms with E-state index >= 15 is 0 Å². The van der Waals surface area contributed by atoms with Crippen LogP contribution in [0.2, 0.25) is 0 Å². The van der Waals surface area contributed by atoms with E-state index in [0.717, 1.165) is 12.8 Å². The first-order valence-electron chi connectivity index (χ1n) is 9.98. The van der Waals surface area contributed by atoms with Crippen LogP contribution in [0.4, 0.5) is 4.39 Å². The number of rotatable bonds is 5. The van der Waals surface area contributed by atoms with Gasteiger partial charge in [0.05, 0.1) is 12.2 Å². The van der Waals surface area contributed by atoms with Gasteiger partial charge in [-0.25, -0.2) is 4.39 Å². The number of amides is 2. The summed E-state index contributed by atoms with van der Waals surface area (Å²) in [6.07, 6.45) is 3.30. The molecular weight excluding hydrogens is 361 g/mol. The second-order valence-corrected chi connectivity index (χ2v) is 8.22. The fourth-order valence-corrected chi connectivity index (χ4v) is 4.29. The normalized spacial score (nSPS) is 27.4. The summed E-state index contributed by atoms with van der Waals surface area (Å²) in [5.74, 6) is -0.926. The number of carbonyl (C=O) groups excluding carboxylic acids is 2. The van der Waals surface area contributed by atoms with E-state index < -0.39 is 23.5 Å². The third kappa shape index (κ3) is 4.20. The zero-order valence-electron chi connectivity index (χ0n) is 16.9. The van der Waals surface area contributed by atoms with Crippen molar-refractivity contribution in [3.05, 3.63) is 35.6 Å². The number of benzene rings is 1. The Bertz CT molecular complexity index is 727. The highest BCUT2D eigenvalue weighted by Crippen LogP contribution is 2.43. The summed E-state index contributed by atoms with van der Waals surface area (Å²) in [4.78, 5) is 29.7. The molecule has 3 rings (SSSR count). The summed E-state index contributed by atoms with van der Waals surface area (Å²) >= 11 is 0. The number of likely N-dealkylation sites (N-methyl/N-ethyl adjacent to an activating group) is 1. The van der Waals surface area contributed by atoms with Crippen LogP contribution < -0.4 is 5.32 Å². The van der Waals surface area contributed by atoms with Gasteiger partial charge >= 0.3 is 0 Å². The monoisotopic (exact) mass is 391 g/mol. The third-order valence-electron chi connectivity index (χ3n) is 5.68. The zero-order chi connectivity index (χ0) is 20.3. The van der Waals surface area contributed by atoms with Crippen molar-refractivity contribution in [1.82, 2.24) is 15.1 Å². The molecule has 0 radical (unpaired) electrons. The summed E-state index contributed by atoms with van der Waals surface area (Å²) in [7, 11) is 3.86. The van der Waals surface area contributed by atoms with E-state index in [4.69, 9.17) is 4.74 Å². The van der Waals surface area contributed by atoms with Crippen LogP contribution in [0.5, 0.6) is 0 Å². The van der Waals surface area contributed by atoms with E-state index in [1.807, 2.05) is 19.0 Å². The lowest BCUT2D eigenvalue weighted by Gasteiger charge is -2.43. The standard InChI is InChI=1S/C21H30FN3O3/c1-15-7-6-10-21(13-15)25(20(27)16-8-4-5-9-17(16)22)18(14-28-21)19(26)23-11-12-24(2)3/h4-5,8-9,15,18H,6-7,10-14H2,1-3H3,(H,23,26)/t15-,18-,21-/m0/s1. The minimum absolute atomic E-state index is 0.0170. The van der Waals surface area contributed by atoms with Crippen LogP contribution in [0.1, 0.15) is 43.0 Å². The van der Waals surface area contributed by atoms with E-state index in [1.165, 1.54) is 17.0 Å². The van der Waals surface area contributed by atoms with Gasteiger partial charge in [0.25, 0.3) is 5.91 Å². The number of carbonyl (C=O) groups is 2. The van der Waals surface area contributed by atoms with Crippen LogP contribution in [0.15, 0.2) is 24.3 Å². The molecule has 2 amide bonds. The van der Waals surface area contributed by atoms with Gasteiger partial charge in [-0.3, -0.25) is 14.5 Å². The van der Waals surface area contributed by atoms with E-state index in [0.29, 0.717) is 31.8 Å². The number of nitrogens with zero attached hydrogens (tertiary/aromatic N) is 2. The molecule has 2 fully saturated rings. The fourth-order valence-electron chi connectivity index (χ4n) is 4.29. The van der Waals surface area contributed by atoms with Gasteiger partial charge in [0.2, 0.25) is 5.91 Å². The fraction of sp³-hybridized carbons (Fsp3) is 0.619. The molecule has 154 valence electrons. The van der Waals surface area contributed by atoms with Crippen LogP contribution >= 0.6 is 0 Å². The van der Waals surface area contributed by atoms with E-state index in [-0.39, 0.29) is 18.1 Å². The second-order valence-electron chi connectivity index (χ2n) is 8.22. The molecule has 3 atom stereocenters. The van der Waals surface area contributed by atoms with Gasteiger partial charge in [0, 0.05) is 13.1 Å². The molecule has 1 aromatic carbocycles. The number of hydrogen-bond donors (Lipinski definition) is 1. The van der Waals surface area contributed by atoms with E-state index in [1.54, 1.807) is 12.1 Å². The molecule has 1 spiro atoms. The number of hydrogen-bond acceptors (Lipinski definition) is 4. The van der Waals surface area contributed by atoms with E-state index in [9.17, 15) is 14.0 Å². The average Bonchev–Trinajstić information content (AvgIpc) is 2.99. The molecular formula is C21H30FN3O3. The van der Waals surface area contributed by atoms with Gasteiger partial charge < -0.3 is 15.0 Å². The number of halogens is 1. The van der Waals surface area contributed by atoms with Gasteiger partial charge in [0.15, 0.2) is 0 Å². The topological polar surface area (TPSA) is 61.9 Å². The largest absolute Gasteiger partial charge is 0.353 e. The molecule has 0 aromatic heterocycles. The molecule has 0 bridgehead atoms. The Kier molecular flexibility index (Phi) is 6.35. The predicted molar refractivity (Wildman–Crippen MR) is 104 cm³/mol. The van der Waals surface area contributed by atoms with Gasteiger partial charge in [-0.05, 0) is 51.4 Å². The molecule has 1 saturated carbocycles. The van der Waals surface area contributed by atoms with Crippen LogP contribution in [0.25, 0.3) is 0 Å². The molecule has 7 heteroatoms. The van der Waals surface area contributed by atoms with Gasteiger partial charge in [0.1, 0.15) is 17.6 Å². The van der Waals surface area contributed by atoms with Crippen molar-refractivity contribution >= 4 is 11.8 Å². The lowest BCUT2D eigenvalue weighted by atomic mass is 9.83. The van der Waals surface area contributed by atoms with E-state index in [2.05, 4.69) is 12.2 Å². The lowest BCUT2D eigenvalue weighted by Crippen LogP contribution is -2.57. The minimum Gasteiger partial charge on any atom is -0.353 e. The summed E-state index contributed by atoms with van der Waals surface area (Å²) < 4.78 is 20.5. The average molecular weight is 391 g/mol. The third-order valence-corrected chi connectivity index (χ3v) is 5.68. The molecule has 0 unspecified atom stereocenters.